The van der Waals surface area contributed by atoms with Crippen LogP contribution in [0.2, 0.25) is 0 Å². The second-order valence-corrected chi connectivity index (χ2v) is 5.36. The first-order chi connectivity index (χ1) is 10.5. The van der Waals surface area contributed by atoms with E-state index in [4.69, 9.17) is 9.84 Å². The number of hydrogen-bond acceptors (Lipinski definition) is 2. The molecule has 112 valence electrons. The van der Waals surface area contributed by atoms with Crippen LogP contribution in [0.1, 0.15) is 34.0 Å². The standard InChI is InChI=1S/C18H15FO3/c1-10-4-3-5-13(17(10)19)14-8-11(2)22-16-7-6-12(18(20)21)9-15(14)16/h3-9,11H,1-2H3,(H,20,21). The number of carboxylic acids is 1. The molecule has 2 aromatic carbocycles. The van der Waals surface area contributed by atoms with Crippen LogP contribution in [0.5, 0.6) is 5.75 Å². The molecule has 2 aromatic rings. The van der Waals surface area contributed by atoms with Crippen LogP contribution >= 0.6 is 0 Å². The van der Waals surface area contributed by atoms with Crippen LogP contribution < -0.4 is 4.74 Å². The molecule has 0 aliphatic carbocycles. The molecule has 4 heteroatoms. The van der Waals surface area contributed by atoms with Gasteiger partial charge >= 0.3 is 5.97 Å². The molecule has 0 aromatic heterocycles. The van der Waals surface area contributed by atoms with Crippen LogP contribution in [0.25, 0.3) is 5.57 Å². The summed E-state index contributed by atoms with van der Waals surface area (Å²) >= 11 is 0. The Morgan fingerprint density at radius 1 is 1.23 bits per heavy atom. The molecule has 0 bridgehead atoms. The second kappa shape index (κ2) is 5.30. The van der Waals surface area contributed by atoms with Crippen LogP contribution in [-0.2, 0) is 0 Å². The van der Waals surface area contributed by atoms with E-state index >= 15 is 0 Å². The zero-order valence-corrected chi connectivity index (χ0v) is 12.3. The molecule has 1 aliphatic rings. The Hall–Kier alpha value is -2.62. The van der Waals surface area contributed by atoms with E-state index in [1.807, 2.05) is 13.0 Å². The third-order valence-corrected chi connectivity index (χ3v) is 3.71. The molecule has 0 spiro atoms. The Bertz CT molecular complexity index is 793. The third-order valence-electron chi connectivity index (χ3n) is 3.71. The fourth-order valence-electron chi connectivity index (χ4n) is 2.63. The molecule has 3 nitrogen and oxygen atoms in total. The van der Waals surface area contributed by atoms with Crippen molar-refractivity contribution in [2.45, 2.75) is 20.0 Å². The molecule has 1 heterocycles. The van der Waals surface area contributed by atoms with Crippen molar-refractivity contribution in [3.63, 3.8) is 0 Å². The summed E-state index contributed by atoms with van der Waals surface area (Å²) in [7, 11) is 0. The van der Waals surface area contributed by atoms with Crippen molar-refractivity contribution in [2.75, 3.05) is 0 Å². The quantitative estimate of drug-likeness (QED) is 0.910. The van der Waals surface area contributed by atoms with Crippen LogP contribution in [0, 0.1) is 12.7 Å². The average Bonchev–Trinajstić information content (AvgIpc) is 2.48. The number of hydrogen-bond donors (Lipinski definition) is 1. The van der Waals surface area contributed by atoms with Crippen molar-refractivity contribution in [3.05, 3.63) is 70.5 Å². The number of aromatic carboxylic acids is 1. The van der Waals surface area contributed by atoms with E-state index in [9.17, 15) is 9.18 Å². The first-order valence-electron chi connectivity index (χ1n) is 6.99. The van der Waals surface area contributed by atoms with Crippen molar-refractivity contribution >= 4 is 11.5 Å². The molecule has 1 aliphatic heterocycles. The van der Waals surface area contributed by atoms with Crippen LogP contribution in [0.4, 0.5) is 4.39 Å². The van der Waals surface area contributed by atoms with Crippen molar-refractivity contribution in [1.29, 1.82) is 0 Å². The van der Waals surface area contributed by atoms with Crippen molar-refractivity contribution in [3.8, 4) is 5.75 Å². The summed E-state index contributed by atoms with van der Waals surface area (Å²) in [4.78, 5) is 11.2. The Morgan fingerprint density at radius 2 is 2.00 bits per heavy atom. The zero-order valence-electron chi connectivity index (χ0n) is 12.3. The summed E-state index contributed by atoms with van der Waals surface area (Å²) < 4.78 is 20.2. The molecule has 0 amide bonds. The van der Waals surface area contributed by atoms with E-state index in [1.54, 1.807) is 31.2 Å². The largest absolute Gasteiger partial charge is 0.486 e. The SMILES string of the molecule is Cc1cccc(C2=CC(C)Oc3ccc(C(=O)O)cc32)c1F. The summed E-state index contributed by atoms with van der Waals surface area (Å²) in [5.41, 5.74) is 2.42. The van der Waals surface area contributed by atoms with E-state index in [1.165, 1.54) is 12.1 Å². The molecule has 1 unspecified atom stereocenters. The number of benzene rings is 2. The molecular formula is C18H15FO3. The number of aryl methyl sites for hydroxylation is 1. The van der Waals surface area contributed by atoms with Gasteiger partial charge in [-0.3, -0.25) is 0 Å². The Balaban J connectivity index is 2.22. The highest BCUT2D eigenvalue weighted by Crippen LogP contribution is 2.38. The molecular weight excluding hydrogens is 283 g/mol. The van der Waals surface area contributed by atoms with Gasteiger partial charge in [0.1, 0.15) is 17.7 Å². The number of halogens is 1. The summed E-state index contributed by atoms with van der Waals surface area (Å²) in [6, 6.07) is 9.83. The zero-order chi connectivity index (χ0) is 15.9. The normalized spacial score (nSPS) is 16.5. The maximum atomic E-state index is 14.5. The number of rotatable bonds is 2. The summed E-state index contributed by atoms with van der Waals surface area (Å²) in [6.45, 7) is 3.57. The lowest BCUT2D eigenvalue weighted by atomic mass is 9.91. The number of carboxylic acid groups (broad SMARTS) is 1. The van der Waals surface area contributed by atoms with Gasteiger partial charge in [-0.15, -0.1) is 0 Å². The third kappa shape index (κ3) is 2.37. The van der Waals surface area contributed by atoms with Crippen molar-refractivity contribution in [1.82, 2.24) is 0 Å². The van der Waals surface area contributed by atoms with Crippen LogP contribution in [0.3, 0.4) is 0 Å². The minimum atomic E-state index is -1.02. The van der Waals surface area contributed by atoms with E-state index in [0.29, 0.717) is 28.0 Å². The van der Waals surface area contributed by atoms with Crippen molar-refractivity contribution in [2.24, 2.45) is 0 Å². The van der Waals surface area contributed by atoms with E-state index in [-0.39, 0.29) is 17.5 Å². The monoisotopic (exact) mass is 298 g/mol. The van der Waals surface area contributed by atoms with E-state index in [2.05, 4.69) is 0 Å². The lowest BCUT2D eigenvalue weighted by Gasteiger charge is -2.24. The van der Waals surface area contributed by atoms with Crippen LogP contribution in [-0.4, -0.2) is 17.2 Å². The minimum absolute atomic E-state index is 0.149. The van der Waals surface area contributed by atoms with Gasteiger partial charge in [0.15, 0.2) is 0 Å². The molecule has 1 atom stereocenters. The highest BCUT2D eigenvalue weighted by Gasteiger charge is 2.23. The van der Waals surface area contributed by atoms with Gasteiger partial charge in [0, 0.05) is 11.1 Å². The molecule has 22 heavy (non-hydrogen) atoms. The van der Waals surface area contributed by atoms with Gasteiger partial charge in [-0.05, 0) is 49.3 Å². The molecule has 0 radical (unpaired) electrons. The Morgan fingerprint density at radius 3 is 2.73 bits per heavy atom. The second-order valence-electron chi connectivity index (χ2n) is 5.36. The van der Waals surface area contributed by atoms with Gasteiger partial charge in [0.2, 0.25) is 0 Å². The van der Waals surface area contributed by atoms with E-state index in [0.717, 1.165) is 0 Å². The summed E-state index contributed by atoms with van der Waals surface area (Å²) in [5.74, 6) is -0.754. The maximum Gasteiger partial charge on any atom is 0.335 e. The predicted octanol–water partition coefficient (Wildman–Crippen LogP) is 4.04. The number of fused-ring (bicyclic) bond motifs is 1. The molecule has 0 saturated heterocycles. The van der Waals surface area contributed by atoms with Gasteiger partial charge in [0.25, 0.3) is 0 Å². The smallest absolute Gasteiger partial charge is 0.335 e. The van der Waals surface area contributed by atoms with Gasteiger partial charge < -0.3 is 9.84 Å². The predicted molar refractivity (Wildman–Crippen MR) is 81.7 cm³/mol. The molecule has 0 fully saturated rings. The highest BCUT2D eigenvalue weighted by atomic mass is 19.1. The summed E-state index contributed by atoms with van der Waals surface area (Å²) in [5, 5.41) is 9.16. The van der Waals surface area contributed by atoms with Gasteiger partial charge in [-0.1, -0.05) is 18.2 Å². The molecule has 0 saturated carbocycles. The Labute approximate surface area is 127 Å². The van der Waals surface area contributed by atoms with Gasteiger partial charge in [-0.2, -0.15) is 0 Å². The fourth-order valence-corrected chi connectivity index (χ4v) is 2.63. The van der Waals surface area contributed by atoms with Crippen LogP contribution in [0.15, 0.2) is 42.5 Å². The van der Waals surface area contributed by atoms with E-state index < -0.39 is 5.97 Å². The van der Waals surface area contributed by atoms with Gasteiger partial charge in [0.05, 0.1) is 5.56 Å². The number of ether oxygens (including phenoxy) is 1. The topological polar surface area (TPSA) is 46.5 Å². The Kier molecular flexibility index (Phi) is 3.45. The summed E-state index contributed by atoms with van der Waals surface area (Å²) in [6.07, 6.45) is 1.60. The van der Waals surface area contributed by atoms with Crippen molar-refractivity contribution < 1.29 is 19.0 Å². The lowest BCUT2D eigenvalue weighted by Crippen LogP contribution is -2.16. The number of carbonyl (C=O) groups is 1. The first kappa shape index (κ1) is 14.3. The minimum Gasteiger partial charge on any atom is -0.486 e. The molecule has 1 N–H and O–H groups in total. The maximum absolute atomic E-state index is 14.5. The molecule has 3 rings (SSSR count). The lowest BCUT2D eigenvalue weighted by molar-refractivity contribution is 0.0697. The average molecular weight is 298 g/mol. The first-order valence-corrected chi connectivity index (χ1v) is 6.99. The highest BCUT2D eigenvalue weighted by molar-refractivity contribution is 5.92. The fraction of sp³-hybridized carbons (Fsp3) is 0.167. The van der Waals surface area contributed by atoms with Gasteiger partial charge in [-0.25, -0.2) is 9.18 Å².